The first-order chi connectivity index (χ1) is 14.5. The van der Waals surface area contributed by atoms with E-state index in [2.05, 4.69) is 28.6 Å². The van der Waals surface area contributed by atoms with Gasteiger partial charge in [0.15, 0.2) is 0 Å². The predicted octanol–water partition coefficient (Wildman–Crippen LogP) is 3.06. The third-order valence-electron chi connectivity index (χ3n) is 5.17. The van der Waals surface area contributed by atoms with Crippen LogP contribution in [-0.4, -0.2) is 37.5 Å². The summed E-state index contributed by atoms with van der Waals surface area (Å²) in [5, 5.41) is 12.5. The number of halogens is 1. The van der Waals surface area contributed by atoms with Crippen LogP contribution in [0.15, 0.2) is 91.0 Å². The number of hydrogen-bond donors (Lipinski definition) is 2. The SMILES string of the molecule is O=C(O)C(N1C(=O)C(Br)C1S)=P(c1ccccc1)(c1ccccc1)c1ccccc1. The van der Waals surface area contributed by atoms with Crippen molar-refractivity contribution in [2.75, 3.05) is 0 Å². The van der Waals surface area contributed by atoms with Gasteiger partial charge in [-0.05, 0) is 15.9 Å². The number of β-lactam (4-membered cyclic amide) rings is 1. The third-order valence-corrected chi connectivity index (χ3v) is 11.3. The van der Waals surface area contributed by atoms with E-state index in [1.165, 1.54) is 4.90 Å². The zero-order valence-electron chi connectivity index (χ0n) is 15.8. The molecule has 4 nitrogen and oxygen atoms in total. The lowest BCUT2D eigenvalue weighted by Gasteiger charge is -2.45. The highest BCUT2D eigenvalue weighted by Crippen LogP contribution is 2.49. The second-order valence-corrected chi connectivity index (χ2v) is 11.7. The van der Waals surface area contributed by atoms with Crippen molar-refractivity contribution in [3.05, 3.63) is 91.0 Å². The van der Waals surface area contributed by atoms with Gasteiger partial charge in [0.05, 0.1) is 0 Å². The summed E-state index contributed by atoms with van der Waals surface area (Å²) < 4.78 is 0. The smallest absolute Gasteiger partial charge is 0.353 e. The molecule has 1 fully saturated rings. The molecule has 1 aliphatic heterocycles. The highest BCUT2D eigenvalue weighted by molar-refractivity contribution is 9.10. The summed E-state index contributed by atoms with van der Waals surface area (Å²) in [6, 6.07) is 28.8. The number of carbonyl (C=O) groups is 2. The number of carboxylic acids is 1. The Hall–Kier alpha value is -2.27. The van der Waals surface area contributed by atoms with Crippen LogP contribution in [0.5, 0.6) is 0 Å². The van der Waals surface area contributed by atoms with E-state index in [-0.39, 0.29) is 11.3 Å². The molecular weight excluding hydrogens is 481 g/mol. The number of likely N-dealkylation sites (tertiary alicyclic amines) is 1. The molecule has 0 saturated carbocycles. The summed E-state index contributed by atoms with van der Waals surface area (Å²) in [5.74, 6) is -1.41. The third kappa shape index (κ3) is 3.24. The highest BCUT2D eigenvalue weighted by Gasteiger charge is 2.50. The van der Waals surface area contributed by atoms with Gasteiger partial charge < -0.3 is 5.11 Å². The van der Waals surface area contributed by atoms with Crippen molar-refractivity contribution in [1.82, 2.24) is 4.90 Å². The Morgan fingerprint density at radius 3 is 1.50 bits per heavy atom. The van der Waals surface area contributed by atoms with Gasteiger partial charge in [-0.25, -0.2) is 4.79 Å². The molecule has 7 heteroatoms. The lowest BCUT2D eigenvalue weighted by Crippen LogP contribution is -2.64. The molecule has 4 rings (SSSR count). The first kappa shape index (κ1) is 21.0. The summed E-state index contributed by atoms with van der Waals surface area (Å²) in [7, 11) is 0. The molecule has 1 amide bonds. The van der Waals surface area contributed by atoms with E-state index in [0.717, 1.165) is 15.9 Å². The van der Waals surface area contributed by atoms with Crippen LogP contribution in [0.1, 0.15) is 0 Å². The van der Waals surface area contributed by atoms with Crippen molar-refractivity contribution in [3.8, 4) is 0 Å². The van der Waals surface area contributed by atoms with Gasteiger partial charge in [-0.1, -0.05) is 107 Å². The van der Waals surface area contributed by atoms with E-state index in [4.69, 9.17) is 0 Å². The Morgan fingerprint density at radius 2 is 1.20 bits per heavy atom. The Balaban J connectivity index is 2.24. The molecule has 1 saturated heterocycles. The maximum atomic E-state index is 12.8. The second-order valence-electron chi connectivity index (χ2n) is 6.83. The van der Waals surface area contributed by atoms with Crippen molar-refractivity contribution in [2.24, 2.45) is 0 Å². The molecule has 0 aliphatic carbocycles. The molecule has 3 aromatic carbocycles. The number of carbonyl (C=O) groups excluding carboxylic acids is 1. The average Bonchev–Trinajstić information content (AvgIpc) is 2.80. The van der Waals surface area contributed by atoms with Crippen molar-refractivity contribution in [2.45, 2.75) is 10.2 Å². The normalized spacial score (nSPS) is 18.6. The van der Waals surface area contributed by atoms with Crippen LogP contribution in [0.25, 0.3) is 0 Å². The minimum absolute atomic E-state index is 0.0757. The van der Waals surface area contributed by atoms with Gasteiger partial charge >= 0.3 is 5.97 Å². The van der Waals surface area contributed by atoms with Crippen LogP contribution in [0.4, 0.5) is 0 Å². The number of benzene rings is 3. The van der Waals surface area contributed by atoms with Crippen molar-refractivity contribution in [3.63, 3.8) is 0 Å². The van der Waals surface area contributed by atoms with Crippen LogP contribution < -0.4 is 15.9 Å². The minimum atomic E-state index is -2.89. The Kier molecular flexibility index (Phi) is 5.92. The molecule has 3 aromatic rings. The van der Waals surface area contributed by atoms with Crippen LogP contribution in [0.3, 0.4) is 0 Å². The first-order valence-corrected chi connectivity index (χ1v) is 12.5. The van der Waals surface area contributed by atoms with Gasteiger partial charge in [0.25, 0.3) is 0 Å². The number of thiol groups is 1. The Labute approximate surface area is 189 Å². The average molecular weight is 500 g/mol. The number of alkyl halides is 1. The molecule has 0 radical (unpaired) electrons. The number of rotatable bonds is 5. The summed E-state index contributed by atoms with van der Waals surface area (Å²) in [6.45, 7) is -2.89. The molecule has 2 unspecified atom stereocenters. The largest absolute Gasteiger partial charge is 0.477 e. The maximum Gasteiger partial charge on any atom is 0.353 e. The summed E-state index contributed by atoms with van der Waals surface area (Å²) in [6.07, 6.45) is 0. The van der Waals surface area contributed by atoms with Crippen molar-refractivity contribution >= 4 is 68.7 Å². The number of amides is 1. The fraction of sp³-hybridized carbons (Fsp3) is 0.0870. The summed E-state index contributed by atoms with van der Waals surface area (Å²) in [4.78, 5) is 26.5. The molecule has 0 bridgehead atoms. The highest BCUT2D eigenvalue weighted by atomic mass is 79.9. The van der Waals surface area contributed by atoms with E-state index >= 15 is 0 Å². The molecule has 2 atom stereocenters. The minimum Gasteiger partial charge on any atom is -0.477 e. The van der Waals surface area contributed by atoms with Crippen LogP contribution in [0.2, 0.25) is 0 Å². The van der Waals surface area contributed by atoms with Crippen molar-refractivity contribution < 1.29 is 14.7 Å². The number of aliphatic carboxylic acids is 1. The Morgan fingerprint density at radius 1 is 0.833 bits per heavy atom. The first-order valence-electron chi connectivity index (χ1n) is 9.31. The van der Waals surface area contributed by atoms with Gasteiger partial charge in [-0.3, -0.25) is 9.69 Å². The van der Waals surface area contributed by atoms with Gasteiger partial charge in [0, 0.05) is 6.89 Å². The van der Waals surface area contributed by atoms with E-state index in [0.29, 0.717) is 0 Å². The second kappa shape index (κ2) is 8.46. The summed E-state index contributed by atoms with van der Waals surface area (Å²) in [5.41, 5.74) is 0.0757. The van der Waals surface area contributed by atoms with Crippen LogP contribution >= 0.6 is 35.4 Å². The molecule has 152 valence electrons. The van der Waals surface area contributed by atoms with Gasteiger partial charge in [0.1, 0.15) is 15.6 Å². The standard InChI is InChI=1S/C23H19BrNO3PS/c24-19-20(26)25(22(19)30)21(23(27)28)29(16-10-4-1-5-11-16,17-12-6-2-7-13-17)18-14-8-3-9-15-18/h1-15,19,22,30H,(H,27,28). The zero-order chi connectivity index (χ0) is 21.3. The van der Waals surface area contributed by atoms with Crippen molar-refractivity contribution in [1.29, 1.82) is 0 Å². The molecule has 1 N–H and O–H groups in total. The van der Waals surface area contributed by atoms with E-state index in [9.17, 15) is 14.7 Å². The fourth-order valence-corrected chi connectivity index (χ4v) is 9.07. The lowest BCUT2D eigenvalue weighted by atomic mass is 10.2. The molecule has 1 heterocycles. The summed E-state index contributed by atoms with van der Waals surface area (Å²) >= 11 is 7.85. The molecular formula is C23H19BrNO3PS. The number of hydrogen-bond acceptors (Lipinski definition) is 3. The quantitative estimate of drug-likeness (QED) is 0.245. The van der Waals surface area contributed by atoms with E-state index in [1.54, 1.807) is 0 Å². The van der Waals surface area contributed by atoms with Gasteiger partial charge in [-0.15, -0.1) is 0 Å². The van der Waals surface area contributed by atoms with Gasteiger partial charge in [-0.2, -0.15) is 12.6 Å². The van der Waals surface area contributed by atoms with E-state index in [1.807, 2.05) is 91.0 Å². The monoisotopic (exact) mass is 499 g/mol. The van der Waals surface area contributed by atoms with Gasteiger partial charge in [0.2, 0.25) is 5.91 Å². The van der Waals surface area contributed by atoms with E-state index < -0.39 is 23.1 Å². The topological polar surface area (TPSA) is 57.6 Å². The Bertz CT molecular complexity index is 1040. The predicted molar refractivity (Wildman–Crippen MR) is 130 cm³/mol. The maximum absolute atomic E-state index is 12.8. The molecule has 30 heavy (non-hydrogen) atoms. The number of nitrogens with zero attached hydrogens (tertiary/aromatic N) is 1. The zero-order valence-corrected chi connectivity index (χ0v) is 19.2. The molecule has 0 aromatic heterocycles. The molecule has 0 spiro atoms. The number of carboxylic acid groups (broad SMARTS) is 1. The van der Waals surface area contributed by atoms with Crippen LogP contribution in [-0.2, 0) is 9.59 Å². The molecule has 1 aliphatic rings. The lowest BCUT2D eigenvalue weighted by molar-refractivity contribution is -0.138. The van der Waals surface area contributed by atoms with Crippen LogP contribution in [0, 0.1) is 0 Å². The fourth-order valence-electron chi connectivity index (χ4n) is 3.85.